The molecule has 0 fully saturated rings. The third-order valence-corrected chi connectivity index (χ3v) is 4.45. The molecule has 1 N–H and O–H groups in total. The van der Waals surface area contributed by atoms with Gasteiger partial charge in [0.25, 0.3) is 5.91 Å². The van der Waals surface area contributed by atoms with Gasteiger partial charge in [-0.25, -0.2) is 0 Å². The van der Waals surface area contributed by atoms with E-state index in [-0.39, 0.29) is 11.7 Å². The number of carbonyl (C=O) groups is 1. The Kier molecular flexibility index (Phi) is 7.22. The fraction of sp³-hybridized carbons (Fsp3) is 0.208. The first-order valence-electron chi connectivity index (χ1n) is 9.71. The van der Waals surface area contributed by atoms with E-state index in [1.807, 2.05) is 31.2 Å². The summed E-state index contributed by atoms with van der Waals surface area (Å²) in [6.07, 6.45) is 0. The molecule has 0 aromatic heterocycles. The van der Waals surface area contributed by atoms with Crippen LogP contribution < -0.4 is 29.0 Å². The molecule has 3 aromatic rings. The lowest BCUT2D eigenvalue weighted by Crippen LogP contribution is -2.14. The predicted molar refractivity (Wildman–Crippen MR) is 118 cm³/mol. The summed E-state index contributed by atoms with van der Waals surface area (Å²) in [5, 5.41) is 2.88. The molecule has 0 heterocycles. The Morgan fingerprint density at radius 1 is 0.774 bits per heavy atom. The highest BCUT2D eigenvalue weighted by molar-refractivity contribution is 6.07. The topological polar surface area (TPSA) is 75.3 Å². The fourth-order valence-corrected chi connectivity index (χ4v) is 3.03. The summed E-state index contributed by atoms with van der Waals surface area (Å²) in [6, 6.07) is 17.7. The van der Waals surface area contributed by atoms with E-state index < -0.39 is 0 Å². The van der Waals surface area contributed by atoms with Crippen LogP contribution in [0.3, 0.4) is 0 Å². The monoisotopic (exact) mass is 423 g/mol. The number of para-hydroxylation sites is 2. The minimum atomic E-state index is -0.374. The molecule has 0 saturated heterocycles. The van der Waals surface area contributed by atoms with E-state index in [1.54, 1.807) is 36.4 Å². The maximum atomic E-state index is 13.0. The molecule has 7 nitrogen and oxygen atoms in total. The molecule has 0 atom stereocenters. The molecule has 0 radical (unpaired) electrons. The van der Waals surface area contributed by atoms with Crippen molar-refractivity contribution in [2.75, 3.05) is 33.3 Å². The second-order valence-electron chi connectivity index (χ2n) is 6.34. The van der Waals surface area contributed by atoms with E-state index in [2.05, 4.69) is 5.32 Å². The van der Waals surface area contributed by atoms with Crippen LogP contribution in [0.2, 0.25) is 0 Å². The largest absolute Gasteiger partial charge is 0.494 e. The zero-order valence-electron chi connectivity index (χ0n) is 17.9. The van der Waals surface area contributed by atoms with Crippen LogP contribution >= 0.6 is 0 Å². The second-order valence-corrected chi connectivity index (χ2v) is 6.34. The summed E-state index contributed by atoms with van der Waals surface area (Å²) in [4.78, 5) is 13.0. The molecule has 31 heavy (non-hydrogen) atoms. The third-order valence-electron chi connectivity index (χ3n) is 4.45. The van der Waals surface area contributed by atoms with Gasteiger partial charge in [-0.3, -0.25) is 4.79 Å². The number of nitrogens with one attached hydrogen (secondary N) is 1. The Bertz CT molecular complexity index is 1030. The average molecular weight is 423 g/mol. The Labute approximate surface area is 181 Å². The highest BCUT2D eigenvalue weighted by Crippen LogP contribution is 2.40. The van der Waals surface area contributed by atoms with E-state index >= 15 is 0 Å². The van der Waals surface area contributed by atoms with Crippen LogP contribution in [0.5, 0.6) is 34.5 Å². The first-order valence-corrected chi connectivity index (χ1v) is 9.71. The van der Waals surface area contributed by atoms with Crippen LogP contribution in [0, 0.1) is 0 Å². The standard InChI is InChI=1S/C24H25NO6/c1-5-30-16-10-12-17(13-11-16)31-20-9-7-6-8-19(20)25-24(26)18-14-15-21(27-2)23(29-4)22(18)28-3/h6-15H,5H2,1-4H3,(H,25,26). The van der Waals surface area contributed by atoms with Crippen molar-refractivity contribution in [1.82, 2.24) is 0 Å². The smallest absolute Gasteiger partial charge is 0.259 e. The van der Waals surface area contributed by atoms with Gasteiger partial charge in [-0.2, -0.15) is 0 Å². The maximum absolute atomic E-state index is 13.0. The summed E-state index contributed by atoms with van der Waals surface area (Å²) in [5.41, 5.74) is 0.814. The molecule has 0 aliphatic rings. The van der Waals surface area contributed by atoms with Crippen molar-refractivity contribution in [2.45, 2.75) is 6.92 Å². The van der Waals surface area contributed by atoms with Crippen LogP contribution in [0.15, 0.2) is 60.7 Å². The number of ether oxygens (including phenoxy) is 5. The Balaban J connectivity index is 1.85. The number of amides is 1. The molecule has 7 heteroatoms. The van der Waals surface area contributed by atoms with Gasteiger partial charge in [0.05, 0.1) is 39.2 Å². The maximum Gasteiger partial charge on any atom is 0.259 e. The molecule has 0 unspecified atom stereocenters. The minimum Gasteiger partial charge on any atom is -0.494 e. The van der Waals surface area contributed by atoms with Gasteiger partial charge in [0, 0.05) is 0 Å². The SMILES string of the molecule is CCOc1ccc(Oc2ccccc2NC(=O)c2ccc(OC)c(OC)c2OC)cc1. The van der Waals surface area contributed by atoms with Gasteiger partial charge in [0.1, 0.15) is 11.5 Å². The third kappa shape index (κ3) is 5.01. The van der Waals surface area contributed by atoms with Gasteiger partial charge < -0.3 is 29.0 Å². The van der Waals surface area contributed by atoms with Gasteiger partial charge >= 0.3 is 0 Å². The van der Waals surface area contributed by atoms with Crippen LogP contribution in [0.25, 0.3) is 0 Å². The number of benzene rings is 3. The highest BCUT2D eigenvalue weighted by atomic mass is 16.5. The van der Waals surface area contributed by atoms with Gasteiger partial charge in [-0.05, 0) is 55.5 Å². The van der Waals surface area contributed by atoms with Crippen LogP contribution in [0.4, 0.5) is 5.69 Å². The van der Waals surface area contributed by atoms with E-state index in [0.29, 0.717) is 40.9 Å². The van der Waals surface area contributed by atoms with E-state index in [4.69, 9.17) is 23.7 Å². The lowest BCUT2D eigenvalue weighted by Gasteiger charge is -2.16. The molecule has 0 bridgehead atoms. The summed E-state index contributed by atoms with van der Waals surface area (Å²) < 4.78 is 27.5. The predicted octanol–water partition coefficient (Wildman–Crippen LogP) is 5.16. The number of rotatable bonds is 9. The van der Waals surface area contributed by atoms with E-state index in [0.717, 1.165) is 5.75 Å². The Morgan fingerprint density at radius 3 is 2.10 bits per heavy atom. The second kappa shape index (κ2) is 10.2. The number of hydrogen-bond donors (Lipinski definition) is 1. The summed E-state index contributed by atoms with van der Waals surface area (Å²) >= 11 is 0. The van der Waals surface area contributed by atoms with Crippen molar-refractivity contribution in [3.63, 3.8) is 0 Å². The molecule has 0 saturated carbocycles. The zero-order valence-corrected chi connectivity index (χ0v) is 17.9. The number of anilines is 1. The van der Waals surface area contributed by atoms with Gasteiger partial charge in [-0.15, -0.1) is 0 Å². The molecule has 0 spiro atoms. The zero-order chi connectivity index (χ0) is 22.2. The van der Waals surface area contributed by atoms with E-state index in [9.17, 15) is 4.79 Å². The van der Waals surface area contributed by atoms with Crippen molar-refractivity contribution in [2.24, 2.45) is 0 Å². The van der Waals surface area contributed by atoms with Crippen LogP contribution in [-0.2, 0) is 0 Å². The lowest BCUT2D eigenvalue weighted by molar-refractivity contribution is 0.102. The summed E-state index contributed by atoms with van der Waals surface area (Å²) in [7, 11) is 4.48. The lowest BCUT2D eigenvalue weighted by atomic mass is 10.1. The number of carbonyl (C=O) groups excluding carboxylic acids is 1. The molecule has 162 valence electrons. The van der Waals surface area contributed by atoms with Gasteiger partial charge in [0.15, 0.2) is 17.2 Å². The van der Waals surface area contributed by atoms with Crippen molar-refractivity contribution < 1.29 is 28.5 Å². The molecule has 1 amide bonds. The normalized spacial score (nSPS) is 10.2. The summed E-state index contributed by atoms with van der Waals surface area (Å²) in [6.45, 7) is 2.52. The molecular weight excluding hydrogens is 398 g/mol. The van der Waals surface area contributed by atoms with E-state index in [1.165, 1.54) is 21.3 Å². The fourth-order valence-electron chi connectivity index (χ4n) is 3.03. The van der Waals surface area contributed by atoms with Crippen molar-refractivity contribution >= 4 is 11.6 Å². The number of methoxy groups -OCH3 is 3. The average Bonchev–Trinajstić information content (AvgIpc) is 2.80. The number of hydrogen-bond acceptors (Lipinski definition) is 6. The molecule has 3 rings (SSSR count). The van der Waals surface area contributed by atoms with Gasteiger partial charge in [-0.1, -0.05) is 12.1 Å². The molecule has 0 aliphatic heterocycles. The quantitative estimate of drug-likeness (QED) is 0.513. The van der Waals surface area contributed by atoms with Crippen LogP contribution in [-0.4, -0.2) is 33.8 Å². The minimum absolute atomic E-state index is 0.282. The molecular formula is C24H25NO6. The molecule has 0 aliphatic carbocycles. The Morgan fingerprint density at radius 2 is 1.45 bits per heavy atom. The highest BCUT2D eigenvalue weighted by Gasteiger charge is 2.21. The van der Waals surface area contributed by atoms with Crippen molar-refractivity contribution in [3.05, 3.63) is 66.2 Å². The molecule has 3 aromatic carbocycles. The summed E-state index contributed by atoms with van der Waals surface area (Å²) in [5.74, 6) is 2.60. The first kappa shape index (κ1) is 21.8. The van der Waals surface area contributed by atoms with Gasteiger partial charge in [0.2, 0.25) is 5.75 Å². The van der Waals surface area contributed by atoms with Crippen molar-refractivity contribution in [1.29, 1.82) is 0 Å². The van der Waals surface area contributed by atoms with Crippen LogP contribution in [0.1, 0.15) is 17.3 Å². The van der Waals surface area contributed by atoms with Crippen molar-refractivity contribution in [3.8, 4) is 34.5 Å². The first-order chi connectivity index (χ1) is 15.1. The Hall–Kier alpha value is -3.87.